The summed E-state index contributed by atoms with van der Waals surface area (Å²) in [5, 5.41) is 0. The van der Waals surface area contributed by atoms with Crippen LogP contribution in [-0.4, -0.2) is 0 Å². The number of hydrogen-bond donors (Lipinski definition) is 0. The molecule has 0 bridgehead atoms. The highest BCUT2D eigenvalue weighted by Gasteiger charge is 2.04. The van der Waals surface area contributed by atoms with Crippen molar-refractivity contribution >= 4 is 0 Å². The predicted octanol–water partition coefficient (Wildman–Crippen LogP) is 3.97. The molecule has 0 N–H and O–H groups in total. The van der Waals surface area contributed by atoms with Crippen LogP contribution in [0.1, 0.15) is 43.7 Å². The summed E-state index contributed by atoms with van der Waals surface area (Å²) in [7, 11) is 0. The van der Waals surface area contributed by atoms with Crippen LogP contribution in [0, 0.1) is 6.92 Å². The highest BCUT2D eigenvalue weighted by molar-refractivity contribution is 5.29. The lowest BCUT2D eigenvalue weighted by atomic mass is 9.94. The lowest BCUT2D eigenvalue weighted by molar-refractivity contribution is 0.793. The van der Waals surface area contributed by atoms with Gasteiger partial charge in [-0.25, -0.2) is 0 Å². The van der Waals surface area contributed by atoms with E-state index in [4.69, 9.17) is 0 Å². The molecule has 0 saturated carbocycles. The standard InChI is InChI=1S/C13H19/c1-4-5-8-12-9-6-7-10-13(12)11(2)3/h6-7,9-11H,1,4-5,8H2,2-3H3. The Kier molecular flexibility index (Phi) is 4.01. The number of hydrogen-bond acceptors (Lipinski definition) is 0. The van der Waals surface area contributed by atoms with Gasteiger partial charge in [0.2, 0.25) is 0 Å². The van der Waals surface area contributed by atoms with E-state index in [1.165, 1.54) is 24.0 Å². The van der Waals surface area contributed by atoms with Gasteiger partial charge in [0.05, 0.1) is 0 Å². The van der Waals surface area contributed by atoms with Crippen molar-refractivity contribution in [1.82, 2.24) is 0 Å². The van der Waals surface area contributed by atoms with Crippen LogP contribution in [0.4, 0.5) is 0 Å². The van der Waals surface area contributed by atoms with Gasteiger partial charge in [-0.05, 0) is 29.9 Å². The van der Waals surface area contributed by atoms with Crippen LogP contribution in [0.25, 0.3) is 0 Å². The minimum absolute atomic E-state index is 0.640. The fourth-order valence-corrected chi connectivity index (χ4v) is 1.64. The molecule has 0 amide bonds. The van der Waals surface area contributed by atoms with Crippen LogP contribution in [0.2, 0.25) is 0 Å². The van der Waals surface area contributed by atoms with Crippen LogP contribution in [0.5, 0.6) is 0 Å². The van der Waals surface area contributed by atoms with Crippen molar-refractivity contribution in [1.29, 1.82) is 0 Å². The normalized spacial score (nSPS) is 10.8. The van der Waals surface area contributed by atoms with Gasteiger partial charge in [0.25, 0.3) is 0 Å². The number of benzene rings is 1. The molecule has 0 aliphatic rings. The van der Waals surface area contributed by atoms with E-state index in [1.54, 1.807) is 0 Å². The van der Waals surface area contributed by atoms with Gasteiger partial charge in [0.15, 0.2) is 0 Å². The van der Waals surface area contributed by atoms with Crippen LogP contribution in [0.15, 0.2) is 24.3 Å². The average Bonchev–Trinajstić information content (AvgIpc) is 2.15. The fraction of sp³-hybridized carbons (Fsp3) is 0.462. The molecule has 0 atom stereocenters. The summed E-state index contributed by atoms with van der Waals surface area (Å²) in [6, 6.07) is 8.74. The zero-order valence-electron chi connectivity index (χ0n) is 8.72. The monoisotopic (exact) mass is 175 g/mol. The number of aryl methyl sites for hydroxylation is 1. The molecule has 0 spiro atoms. The third-order valence-corrected chi connectivity index (χ3v) is 2.37. The molecule has 0 fully saturated rings. The highest BCUT2D eigenvalue weighted by Crippen LogP contribution is 2.20. The first-order chi connectivity index (χ1) is 6.25. The predicted molar refractivity (Wildman–Crippen MR) is 58.8 cm³/mol. The van der Waals surface area contributed by atoms with Gasteiger partial charge in [0, 0.05) is 0 Å². The second-order valence-electron chi connectivity index (χ2n) is 3.81. The summed E-state index contributed by atoms with van der Waals surface area (Å²) >= 11 is 0. The molecule has 0 unspecified atom stereocenters. The maximum absolute atomic E-state index is 3.88. The summed E-state index contributed by atoms with van der Waals surface area (Å²) in [4.78, 5) is 0. The lowest BCUT2D eigenvalue weighted by Gasteiger charge is -2.11. The van der Waals surface area contributed by atoms with Gasteiger partial charge in [0.1, 0.15) is 0 Å². The molecule has 0 heteroatoms. The Morgan fingerprint density at radius 2 is 1.92 bits per heavy atom. The van der Waals surface area contributed by atoms with Crippen molar-refractivity contribution in [2.45, 2.75) is 39.0 Å². The fourth-order valence-electron chi connectivity index (χ4n) is 1.64. The van der Waals surface area contributed by atoms with E-state index in [2.05, 4.69) is 45.0 Å². The maximum Gasteiger partial charge on any atom is -0.0216 e. The molecule has 0 saturated heterocycles. The largest absolute Gasteiger partial charge is 0.0620 e. The van der Waals surface area contributed by atoms with E-state index < -0.39 is 0 Å². The molecule has 0 heterocycles. The summed E-state index contributed by atoms with van der Waals surface area (Å²) in [5.74, 6) is 0.640. The Labute approximate surface area is 82.0 Å². The van der Waals surface area contributed by atoms with E-state index in [0.29, 0.717) is 5.92 Å². The molecule has 1 rings (SSSR count). The summed E-state index contributed by atoms with van der Waals surface area (Å²) < 4.78 is 0. The highest BCUT2D eigenvalue weighted by atomic mass is 14.1. The minimum Gasteiger partial charge on any atom is -0.0620 e. The van der Waals surface area contributed by atoms with Gasteiger partial charge < -0.3 is 0 Å². The molecule has 71 valence electrons. The van der Waals surface area contributed by atoms with E-state index >= 15 is 0 Å². The Morgan fingerprint density at radius 3 is 2.54 bits per heavy atom. The smallest absolute Gasteiger partial charge is 0.0216 e. The van der Waals surface area contributed by atoms with Gasteiger partial charge in [-0.1, -0.05) is 51.5 Å². The minimum atomic E-state index is 0.640. The second kappa shape index (κ2) is 5.06. The molecule has 13 heavy (non-hydrogen) atoms. The van der Waals surface area contributed by atoms with Gasteiger partial charge in [-0.15, -0.1) is 0 Å². The first kappa shape index (κ1) is 10.3. The van der Waals surface area contributed by atoms with Gasteiger partial charge in [-0.2, -0.15) is 0 Å². The van der Waals surface area contributed by atoms with Gasteiger partial charge in [-0.3, -0.25) is 0 Å². The van der Waals surface area contributed by atoms with E-state index in [-0.39, 0.29) is 0 Å². The lowest BCUT2D eigenvalue weighted by Crippen LogP contribution is -1.95. The Bertz CT molecular complexity index is 248. The van der Waals surface area contributed by atoms with Crippen molar-refractivity contribution in [3.63, 3.8) is 0 Å². The van der Waals surface area contributed by atoms with Crippen LogP contribution in [-0.2, 0) is 6.42 Å². The first-order valence-electron chi connectivity index (χ1n) is 5.12. The molecule has 1 aromatic carbocycles. The van der Waals surface area contributed by atoms with Gasteiger partial charge >= 0.3 is 0 Å². The summed E-state index contributed by atoms with van der Waals surface area (Å²) in [6.07, 6.45) is 3.41. The number of unbranched alkanes of at least 4 members (excludes halogenated alkanes) is 1. The first-order valence-corrected chi connectivity index (χ1v) is 5.12. The quantitative estimate of drug-likeness (QED) is 0.649. The summed E-state index contributed by atoms with van der Waals surface area (Å²) in [5.41, 5.74) is 3.00. The van der Waals surface area contributed by atoms with E-state index in [0.717, 1.165) is 6.42 Å². The Morgan fingerprint density at radius 1 is 1.23 bits per heavy atom. The van der Waals surface area contributed by atoms with Crippen molar-refractivity contribution < 1.29 is 0 Å². The zero-order valence-corrected chi connectivity index (χ0v) is 8.72. The second-order valence-corrected chi connectivity index (χ2v) is 3.81. The average molecular weight is 175 g/mol. The summed E-state index contributed by atoms with van der Waals surface area (Å²) in [6.45, 7) is 8.38. The third-order valence-electron chi connectivity index (χ3n) is 2.37. The van der Waals surface area contributed by atoms with Crippen molar-refractivity contribution in [2.75, 3.05) is 0 Å². The van der Waals surface area contributed by atoms with Crippen LogP contribution >= 0.6 is 0 Å². The molecule has 1 radical (unpaired) electrons. The SMILES string of the molecule is [CH2]CCCc1ccccc1C(C)C. The van der Waals surface area contributed by atoms with Crippen molar-refractivity contribution in [3.05, 3.63) is 42.3 Å². The van der Waals surface area contributed by atoms with Crippen molar-refractivity contribution in [3.8, 4) is 0 Å². The Balaban J connectivity index is 2.78. The molecular formula is C13H19. The zero-order chi connectivity index (χ0) is 9.68. The molecule has 1 aromatic rings. The van der Waals surface area contributed by atoms with Crippen LogP contribution in [0.3, 0.4) is 0 Å². The molecule has 0 nitrogen and oxygen atoms in total. The van der Waals surface area contributed by atoms with Crippen molar-refractivity contribution in [2.24, 2.45) is 0 Å². The molecule has 0 aliphatic heterocycles. The molecule has 0 aliphatic carbocycles. The Hall–Kier alpha value is -0.780. The topological polar surface area (TPSA) is 0 Å². The maximum atomic E-state index is 3.88. The third kappa shape index (κ3) is 2.87. The molecule has 0 aromatic heterocycles. The number of rotatable bonds is 4. The molecular weight excluding hydrogens is 156 g/mol. The van der Waals surface area contributed by atoms with Crippen LogP contribution < -0.4 is 0 Å². The van der Waals surface area contributed by atoms with E-state index in [9.17, 15) is 0 Å². The van der Waals surface area contributed by atoms with E-state index in [1.807, 2.05) is 0 Å².